The van der Waals surface area contributed by atoms with Gasteiger partial charge in [-0.1, -0.05) is 6.08 Å². The fraction of sp³-hybridized carbons (Fsp3) is 0.800. The fourth-order valence-corrected chi connectivity index (χ4v) is 1.86. The first-order valence-corrected chi connectivity index (χ1v) is 6.83. The third-order valence-corrected chi connectivity index (χ3v) is 3.39. The van der Waals surface area contributed by atoms with Crippen molar-refractivity contribution >= 4 is 39.7 Å². The van der Waals surface area contributed by atoms with Crippen LogP contribution in [0.5, 0.6) is 0 Å². The van der Waals surface area contributed by atoms with Gasteiger partial charge in [0.1, 0.15) is 0 Å². The molecular formula is C10H23NNaO3S+. The van der Waals surface area contributed by atoms with Crippen molar-refractivity contribution < 1.29 is 17.5 Å². The van der Waals surface area contributed by atoms with E-state index in [2.05, 4.69) is 20.6 Å². The topological polar surface area (TPSA) is 54.4 Å². The summed E-state index contributed by atoms with van der Waals surface area (Å²) in [5.74, 6) is -0.368. The molecule has 1 rings (SSSR count). The van der Waals surface area contributed by atoms with Crippen molar-refractivity contribution in [1.29, 1.82) is 0 Å². The molecule has 1 aliphatic rings. The normalized spacial score (nSPS) is 17.9. The summed E-state index contributed by atoms with van der Waals surface area (Å²) in [7, 11) is -1.44. The summed E-state index contributed by atoms with van der Waals surface area (Å²) in [6.07, 6.45) is 4.02. The molecule has 16 heavy (non-hydrogen) atoms. The van der Waals surface area contributed by atoms with Crippen LogP contribution < -0.4 is 0 Å². The van der Waals surface area contributed by atoms with Crippen molar-refractivity contribution in [2.24, 2.45) is 0 Å². The van der Waals surface area contributed by atoms with E-state index in [1.807, 2.05) is 0 Å². The number of quaternary nitrogens is 1. The van der Waals surface area contributed by atoms with Gasteiger partial charge in [0.15, 0.2) is 0 Å². The summed E-state index contributed by atoms with van der Waals surface area (Å²) in [5, 5.41) is 0. The molecule has 0 radical (unpaired) electrons. The average Bonchev–Trinajstić information content (AvgIpc) is 2.52. The molecule has 0 amide bonds. The Balaban J connectivity index is 0. The van der Waals surface area contributed by atoms with Gasteiger partial charge in [-0.2, -0.15) is 8.42 Å². The van der Waals surface area contributed by atoms with Gasteiger partial charge in [0.05, 0.1) is 32.4 Å². The molecule has 0 bridgehead atoms. The van der Waals surface area contributed by atoms with Crippen LogP contribution in [-0.4, -0.2) is 79.4 Å². The van der Waals surface area contributed by atoms with Crippen molar-refractivity contribution in [3.8, 4) is 0 Å². The molecule has 0 aromatic heterocycles. The molecule has 0 aromatic carbocycles. The summed E-state index contributed by atoms with van der Waals surface area (Å²) in [4.78, 5) is 0. The predicted octanol–water partition coefficient (Wildman–Crippen LogP) is 0.658. The van der Waals surface area contributed by atoms with Crippen molar-refractivity contribution in [2.75, 3.05) is 32.4 Å². The van der Waals surface area contributed by atoms with Crippen LogP contribution in [0.3, 0.4) is 0 Å². The van der Waals surface area contributed by atoms with Gasteiger partial charge in [-0.05, 0) is 6.92 Å². The van der Waals surface area contributed by atoms with E-state index >= 15 is 0 Å². The molecule has 0 unspecified atom stereocenters. The second kappa shape index (κ2) is 8.66. The Morgan fingerprint density at radius 3 is 1.94 bits per heavy atom. The van der Waals surface area contributed by atoms with Crippen LogP contribution in [0, 0.1) is 0 Å². The Morgan fingerprint density at radius 2 is 1.81 bits per heavy atom. The number of hydrogen-bond donors (Lipinski definition) is 1. The first-order valence-electron chi connectivity index (χ1n) is 5.22. The van der Waals surface area contributed by atoms with E-state index in [0.29, 0.717) is 0 Å². The molecule has 1 aliphatic heterocycles. The molecule has 0 spiro atoms. The van der Waals surface area contributed by atoms with E-state index < -0.39 is 10.1 Å². The minimum absolute atomic E-state index is 0. The first-order chi connectivity index (χ1) is 6.83. The maximum absolute atomic E-state index is 9.72. The summed E-state index contributed by atoms with van der Waals surface area (Å²) in [6, 6.07) is 0. The average molecular weight is 260 g/mol. The zero-order chi connectivity index (χ0) is 11.9. The van der Waals surface area contributed by atoms with Crippen molar-refractivity contribution in [3.05, 3.63) is 12.7 Å². The van der Waals surface area contributed by atoms with Crippen molar-refractivity contribution in [3.63, 3.8) is 0 Å². The molecule has 92 valence electrons. The van der Waals surface area contributed by atoms with Crippen LogP contribution in [0.1, 0.15) is 19.8 Å². The van der Waals surface area contributed by atoms with Crippen molar-refractivity contribution in [2.45, 2.75) is 19.8 Å². The Hall–Kier alpha value is 0.610. The predicted molar refractivity (Wildman–Crippen MR) is 69.5 cm³/mol. The molecule has 1 heterocycles. The molecule has 0 aliphatic carbocycles. The van der Waals surface area contributed by atoms with Crippen LogP contribution in [-0.2, 0) is 10.1 Å². The Labute approximate surface area is 121 Å². The minimum atomic E-state index is -3.79. The van der Waals surface area contributed by atoms with Gasteiger partial charge < -0.3 is 4.48 Å². The van der Waals surface area contributed by atoms with Gasteiger partial charge in [-0.15, -0.1) is 6.58 Å². The second-order valence-electron chi connectivity index (χ2n) is 4.13. The summed E-state index contributed by atoms with van der Waals surface area (Å²) >= 11 is 0. The van der Waals surface area contributed by atoms with Gasteiger partial charge in [0.2, 0.25) is 0 Å². The zero-order valence-corrected chi connectivity index (χ0v) is 10.5. The molecule has 1 fully saturated rings. The second-order valence-corrected chi connectivity index (χ2v) is 5.62. The van der Waals surface area contributed by atoms with Crippen LogP contribution in [0.25, 0.3) is 0 Å². The third kappa shape index (κ3) is 9.81. The number of likely N-dealkylation sites (tertiary alicyclic amines) is 1. The van der Waals surface area contributed by atoms with Gasteiger partial charge in [-0.3, -0.25) is 4.55 Å². The molecule has 0 saturated carbocycles. The molecule has 1 saturated heterocycles. The van der Waals surface area contributed by atoms with Crippen molar-refractivity contribution in [1.82, 2.24) is 0 Å². The molecule has 4 nitrogen and oxygen atoms in total. The number of nitrogens with zero attached hydrogens (tertiary/aromatic N) is 1. The maximum atomic E-state index is 9.72. The number of rotatable bonds is 3. The zero-order valence-electron chi connectivity index (χ0n) is 9.65. The van der Waals surface area contributed by atoms with E-state index in [9.17, 15) is 8.42 Å². The van der Waals surface area contributed by atoms with Gasteiger partial charge in [0, 0.05) is 12.8 Å². The van der Waals surface area contributed by atoms with E-state index in [-0.39, 0.29) is 35.3 Å². The monoisotopic (exact) mass is 260 g/mol. The standard InChI is InChI=1S/C7H16N.C3H6O3S.Na.H/c1-3-8(2)6-4-5-7-8;1-2-3-7(4,5)6;;/h3-7H2,1-2H3;2H,1,3H2,(H,4,5,6);;/q+1;;;. The van der Waals surface area contributed by atoms with E-state index in [1.54, 1.807) is 0 Å². The quantitative estimate of drug-likeness (QED) is 0.351. The van der Waals surface area contributed by atoms with Gasteiger partial charge in [0.25, 0.3) is 10.1 Å². The van der Waals surface area contributed by atoms with E-state index in [4.69, 9.17) is 4.55 Å². The fourth-order valence-electron chi connectivity index (χ4n) is 1.56. The Morgan fingerprint density at radius 1 is 1.38 bits per heavy atom. The summed E-state index contributed by atoms with van der Waals surface area (Å²) in [5.41, 5.74) is 0. The molecular weight excluding hydrogens is 237 g/mol. The SMILES string of the molecule is C=CCS(=O)(=O)O.CC[N+]1(C)CCCC1.[NaH]. The van der Waals surface area contributed by atoms with Crippen LogP contribution >= 0.6 is 0 Å². The Bertz CT molecular complexity index is 284. The summed E-state index contributed by atoms with van der Waals surface area (Å²) < 4.78 is 28.7. The molecule has 1 N–H and O–H groups in total. The van der Waals surface area contributed by atoms with E-state index in [1.165, 1.54) is 37.0 Å². The van der Waals surface area contributed by atoms with Gasteiger partial charge in [-0.25, -0.2) is 0 Å². The van der Waals surface area contributed by atoms with Crippen LogP contribution in [0.15, 0.2) is 12.7 Å². The molecule has 0 atom stereocenters. The number of hydrogen-bond acceptors (Lipinski definition) is 2. The van der Waals surface area contributed by atoms with Crippen LogP contribution in [0.2, 0.25) is 0 Å². The van der Waals surface area contributed by atoms with E-state index in [0.717, 1.165) is 6.08 Å². The molecule has 6 heteroatoms. The first kappa shape index (κ1) is 19.0. The summed E-state index contributed by atoms with van der Waals surface area (Å²) in [6.45, 7) is 9.54. The molecule has 0 aromatic rings. The Kier molecular flexibility index (Phi) is 10.3. The van der Waals surface area contributed by atoms with Crippen LogP contribution in [0.4, 0.5) is 0 Å². The van der Waals surface area contributed by atoms with Gasteiger partial charge >= 0.3 is 29.6 Å². The third-order valence-electron chi connectivity index (χ3n) is 2.74.